The van der Waals surface area contributed by atoms with Gasteiger partial charge in [-0.2, -0.15) is 0 Å². The number of likely N-dealkylation sites (N-methyl/N-ethyl adjacent to an activating group) is 1. The lowest BCUT2D eigenvalue weighted by Crippen LogP contribution is -2.39. The molecule has 0 saturated heterocycles. The zero-order chi connectivity index (χ0) is 24.2. The van der Waals surface area contributed by atoms with Gasteiger partial charge in [-0.25, -0.2) is 4.98 Å². The highest BCUT2D eigenvalue weighted by molar-refractivity contribution is 5.91. The number of benzene rings is 1. The van der Waals surface area contributed by atoms with Crippen LogP contribution in [0.5, 0.6) is 17.2 Å². The molecule has 1 aromatic carbocycles. The van der Waals surface area contributed by atoms with Gasteiger partial charge in [-0.15, -0.1) is 0 Å². The molecule has 1 atom stereocenters. The number of rotatable bonds is 6. The minimum atomic E-state index is -1.45. The molecule has 5 rings (SSSR count). The van der Waals surface area contributed by atoms with Crippen LogP contribution in [0.15, 0.2) is 23.0 Å². The van der Waals surface area contributed by atoms with Gasteiger partial charge >= 0.3 is 5.97 Å². The first kappa shape index (κ1) is 22.4. The lowest BCUT2D eigenvalue weighted by atomic mass is 9.85. The van der Waals surface area contributed by atoms with Crippen molar-refractivity contribution in [3.8, 4) is 28.6 Å². The molecule has 9 heteroatoms. The fourth-order valence-corrected chi connectivity index (χ4v) is 5.00. The number of hydrogen-bond donors (Lipinski definition) is 2. The van der Waals surface area contributed by atoms with Crippen molar-refractivity contribution in [3.63, 3.8) is 0 Å². The highest BCUT2D eigenvalue weighted by Crippen LogP contribution is 2.44. The van der Waals surface area contributed by atoms with E-state index in [9.17, 15) is 14.7 Å². The number of esters is 1. The van der Waals surface area contributed by atoms with E-state index in [1.807, 2.05) is 19.2 Å². The van der Waals surface area contributed by atoms with Gasteiger partial charge in [-0.05, 0) is 44.1 Å². The highest BCUT2D eigenvalue weighted by Gasteiger charge is 2.42. The Morgan fingerprint density at radius 3 is 2.62 bits per heavy atom. The number of aliphatic hydroxyl groups is 1. The predicted molar refractivity (Wildman–Crippen MR) is 126 cm³/mol. The number of ether oxygens (including phenoxy) is 3. The van der Waals surface area contributed by atoms with Gasteiger partial charge in [0.05, 0.1) is 44.1 Å². The summed E-state index contributed by atoms with van der Waals surface area (Å²) in [5.74, 6) is 0.463. The molecule has 178 valence electrons. The normalized spacial score (nSPS) is 18.3. The molecule has 0 bridgehead atoms. The van der Waals surface area contributed by atoms with Gasteiger partial charge in [0.2, 0.25) is 5.75 Å². The van der Waals surface area contributed by atoms with Gasteiger partial charge in [-0.1, -0.05) is 6.92 Å². The van der Waals surface area contributed by atoms with Crippen LogP contribution in [0.4, 0.5) is 0 Å². The summed E-state index contributed by atoms with van der Waals surface area (Å²) in [4.78, 5) is 30.5. The van der Waals surface area contributed by atoms with Crippen LogP contribution in [0.3, 0.4) is 0 Å². The molecule has 4 heterocycles. The van der Waals surface area contributed by atoms with E-state index in [4.69, 9.17) is 19.2 Å². The third-order valence-electron chi connectivity index (χ3n) is 6.89. The fourth-order valence-electron chi connectivity index (χ4n) is 5.00. The van der Waals surface area contributed by atoms with Crippen LogP contribution in [-0.4, -0.2) is 48.4 Å². The molecular formula is C25H27N3O6. The molecule has 0 unspecified atom stereocenters. The van der Waals surface area contributed by atoms with Crippen molar-refractivity contribution < 1.29 is 24.1 Å². The van der Waals surface area contributed by atoms with Crippen LogP contribution in [0.1, 0.15) is 36.5 Å². The molecular weight excluding hydrogens is 438 g/mol. The Kier molecular flexibility index (Phi) is 5.33. The van der Waals surface area contributed by atoms with Gasteiger partial charge in [-0.3, -0.25) is 14.2 Å². The molecule has 9 nitrogen and oxygen atoms in total. The topological polar surface area (TPSA) is 112 Å². The number of carbonyl (C=O) groups excluding carboxylic acids is 1. The first-order valence-corrected chi connectivity index (χ1v) is 11.3. The van der Waals surface area contributed by atoms with E-state index in [0.29, 0.717) is 41.4 Å². The van der Waals surface area contributed by atoms with E-state index in [2.05, 4.69) is 5.32 Å². The van der Waals surface area contributed by atoms with Gasteiger partial charge in [0.25, 0.3) is 5.56 Å². The van der Waals surface area contributed by atoms with Crippen LogP contribution >= 0.6 is 0 Å². The number of aromatic nitrogens is 2. The van der Waals surface area contributed by atoms with Crippen molar-refractivity contribution in [1.82, 2.24) is 14.9 Å². The van der Waals surface area contributed by atoms with E-state index < -0.39 is 17.1 Å². The lowest BCUT2D eigenvalue weighted by molar-refractivity contribution is -0.143. The van der Waals surface area contributed by atoms with E-state index in [1.165, 1.54) is 0 Å². The maximum atomic E-state index is 13.4. The molecule has 2 aliphatic rings. The van der Waals surface area contributed by atoms with Crippen LogP contribution in [0.25, 0.3) is 22.3 Å². The predicted octanol–water partition coefficient (Wildman–Crippen LogP) is 2.11. The Bertz CT molecular complexity index is 1400. The minimum Gasteiger partial charge on any atom is -0.493 e. The monoisotopic (exact) mass is 465 g/mol. The van der Waals surface area contributed by atoms with Crippen LogP contribution in [0.2, 0.25) is 0 Å². The van der Waals surface area contributed by atoms with Crippen molar-refractivity contribution >= 4 is 16.9 Å². The Morgan fingerprint density at radius 2 is 1.94 bits per heavy atom. The van der Waals surface area contributed by atoms with E-state index >= 15 is 0 Å². The zero-order valence-corrected chi connectivity index (χ0v) is 19.7. The molecule has 0 fully saturated rings. The first-order valence-electron chi connectivity index (χ1n) is 11.3. The second kappa shape index (κ2) is 8.11. The second-order valence-electron chi connectivity index (χ2n) is 8.70. The molecule has 2 aromatic heterocycles. The van der Waals surface area contributed by atoms with Crippen molar-refractivity contribution in [2.24, 2.45) is 0 Å². The van der Waals surface area contributed by atoms with Crippen molar-refractivity contribution in [2.75, 3.05) is 27.8 Å². The molecule has 0 amide bonds. The summed E-state index contributed by atoms with van der Waals surface area (Å²) in [6, 6.07) is 5.50. The third kappa shape index (κ3) is 3.19. The van der Waals surface area contributed by atoms with E-state index in [-0.39, 0.29) is 18.6 Å². The Balaban J connectivity index is 1.80. The van der Waals surface area contributed by atoms with Gasteiger partial charge in [0.15, 0.2) is 11.5 Å². The molecule has 2 N–H and O–H groups in total. The average molecular weight is 466 g/mol. The summed E-state index contributed by atoms with van der Waals surface area (Å²) in [5.41, 5.74) is 2.43. The summed E-state index contributed by atoms with van der Waals surface area (Å²) >= 11 is 0. The first-order chi connectivity index (χ1) is 16.3. The summed E-state index contributed by atoms with van der Waals surface area (Å²) in [6.45, 7) is 2.81. The summed E-state index contributed by atoms with van der Waals surface area (Å²) in [6.07, 6.45) is 0.798. The van der Waals surface area contributed by atoms with Crippen molar-refractivity contribution in [3.05, 3.63) is 45.2 Å². The minimum absolute atomic E-state index is 0.0955. The van der Waals surface area contributed by atoms with E-state index in [1.54, 1.807) is 31.8 Å². The average Bonchev–Trinajstić information content (AvgIpc) is 3.20. The summed E-state index contributed by atoms with van der Waals surface area (Å²) in [7, 11) is 5.06. The SMILES string of the molecule is CC[C@@]1(O)CC(=O)Oc2c1cc1n(c2=O)Cc2c-1nc1cc(OC)c(OC)cc1c2CCNC. The molecule has 2 aliphatic heterocycles. The highest BCUT2D eigenvalue weighted by atomic mass is 16.5. The van der Waals surface area contributed by atoms with Crippen LogP contribution in [0, 0.1) is 0 Å². The number of carbonyl (C=O) groups is 1. The summed E-state index contributed by atoms with van der Waals surface area (Å²) < 4.78 is 17.9. The number of nitrogens with zero attached hydrogens (tertiary/aromatic N) is 2. The maximum Gasteiger partial charge on any atom is 0.314 e. The van der Waals surface area contributed by atoms with Gasteiger partial charge in [0.1, 0.15) is 5.60 Å². The molecule has 0 spiro atoms. The zero-order valence-electron chi connectivity index (χ0n) is 19.7. The fraction of sp³-hybridized carbons (Fsp3) is 0.400. The maximum absolute atomic E-state index is 13.4. The lowest BCUT2D eigenvalue weighted by Gasteiger charge is -2.32. The van der Waals surface area contributed by atoms with E-state index in [0.717, 1.165) is 28.6 Å². The van der Waals surface area contributed by atoms with Gasteiger partial charge in [0, 0.05) is 22.6 Å². The number of methoxy groups -OCH3 is 2. The number of nitrogens with one attached hydrogen (secondary N) is 1. The van der Waals surface area contributed by atoms with Crippen molar-refractivity contribution in [2.45, 2.75) is 38.3 Å². The van der Waals surface area contributed by atoms with Gasteiger partial charge < -0.3 is 24.6 Å². The largest absolute Gasteiger partial charge is 0.493 e. The van der Waals surface area contributed by atoms with Crippen LogP contribution < -0.4 is 25.1 Å². The Morgan fingerprint density at radius 1 is 1.21 bits per heavy atom. The number of fused-ring (bicyclic) bond motifs is 5. The Hall–Kier alpha value is -3.43. The standard InChI is InChI=1S/C25H27N3O6/c1-5-25(31)11-21(29)34-23-16(25)9-18-22-15(12-28(18)24(23)30)13(6-7-26-2)14-8-19(32-3)20(33-4)10-17(14)27-22/h8-10,26,31H,5-7,11-12H2,1-4H3/t25-/m1/s1. The molecule has 3 aromatic rings. The molecule has 0 aliphatic carbocycles. The molecule has 0 radical (unpaired) electrons. The number of pyridine rings is 2. The number of hydrogen-bond acceptors (Lipinski definition) is 8. The third-order valence-corrected chi connectivity index (χ3v) is 6.89. The molecule has 34 heavy (non-hydrogen) atoms. The summed E-state index contributed by atoms with van der Waals surface area (Å²) in [5, 5.41) is 15.3. The quantitative estimate of drug-likeness (QED) is 0.417. The second-order valence-corrected chi connectivity index (χ2v) is 8.70. The Labute approximate surface area is 196 Å². The smallest absolute Gasteiger partial charge is 0.314 e. The van der Waals surface area contributed by atoms with Crippen molar-refractivity contribution in [1.29, 1.82) is 0 Å². The molecule has 0 saturated carbocycles. The van der Waals surface area contributed by atoms with Crippen LogP contribution in [-0.2, 0) is 23.4 Å².